The Kier molecular flexibility index (Phi) is 3.82. The van der Waals surface area contributed by atoms with E-state index in [2.05, 4.69) is 35.9 Å². The number of aromatic nitrogens is 2. The normalized spacial score (nSPS) is 10.7. The number of benzene rings is 1. The number of aryl methyl sites for hydroxylation is 1. The van der Waals surface area contributed by atoms with Crippen molar-refractivity contribution in [3.63, 3.8) is 0 Å². The molecule has 0 bridgehead atoms. The van der Waals surface area contributed by atoms with Crippen LogP contribution in [0.3, 0.4) is 0 Å². The molecule has 0 aliphatic rings. The highest BCUT2D eigenvalue weighted by Gasteiger charge is 2.04. The Morgan fingerprint density at radius 1 is 1.11 bits per heavy atom. The lowest BCUT2D eigenvalue weighted by molar-refractivity contribution is 0.460. The molecule has 1 aromatic heterocycles. The number of ether oxygens (including phenoxy) is 1. The zero-order valence-corrected chi connectivity index (χ0v) is 11.4. The van der Waals surface area contributed by atoms with Gasteiger partial charge in [0.25, 0.3) is 0 Å². The first-order chi connectivity index (χ1) is 8.54. The van der Waals surface area contributed by atoms with Crippen molar-refractivity contribution >= 4 is 11.6 Å². The Balaban J connectivity index is 2.18. The van der Waals surface area contributed by atoms with Crippen LogP contribution < -0.4 is 4.74 Å². The first-order valence-corrected chi connectivity index (χ1v) is 6.21. The predicted octanol–water partition coefficient (Wildman–Crippen LogP) is 4.35. The van der Waals surface area contributed by atoms with Gasteiger partial charge in [-0.2, -0.15) is 4.98 Å². The highest BCUT2D eigenvalue weighted by Crippen LogP contribution is 2.23. The van der Waals surface area contributed by atoms with Gasteiger partial charge in [0.1, 0.15) is 5.75 Å². The van der Waals surface area contributed by atoms with Crippen LogP contribution in [0.25, 0.3) is 0 Å². The quantitative estimate of drug-likeness (QED) is 0.771. The Hall–Kier alpha value is -1.61. The maximum absolute atomic E-state index is 5.78. The van der Waals surface area contributed by atoms with Crippen LogP contribution in [0.2, 0.25) is 5.28 Å². The van der Waals surface area contributed by atoms with Crippen molar-refractivity contribution < 1.29 is 4.74 Å². The number of nitrogens with zero attached hydrogens (tertiary/aromatic N) is 2. The van der Waals surface area contributed by atoms with Gasteiger partial charge in [0.15, 0.2) is 0 Å². The zero-order chi connectivity index (χ0) is 13.1. The van der Waals surface area contributed by atoms with Gasteiger partial charge >= 0.3 is 0 Å². The van der Waals surface area contributed by atoms with Crippen molar-refractivity contribution in [1.29, 1.82) is 0 Å². The first-order valence-electron chi connectivity index (χ1n) is 5.83. The molecule has 4 heteroatoms. The highest BCUT2D eigenvalue weighted by molar-refractivity contribution is 6.28. The monoisotopic (exact) mass is 262 g/mol. The Bertz CT molecular complexity index is 518. The summed E-state index contributed by atoms with van der Waals surface area (Å²) in [5.74, 6) is 1.72. The van der Waals surface area contributed by atoms with Crippen molar-refractivity contribution in [3.8, 4) is 11.6 Å². The molecule has 0 amide bonds. The average Bonchev–Trinajstić information content (AvgIpc) is 2.28. The second-order valence-corrected chi connectivity index (χ2v) is 4.78. The summed E-state index contributed by atoms with van der Waals surface area (Å²) < 4.78 is 5.64. The van der Waals surface area contributed by atoms with E-state index in [0.717, 1.165) is 11.4 Å². The molecule has 0 N–H and O–H groups in total. The SMILES string of the molecule is Cc1cc(Oc2ccc(C(C)C)cc2)nc(Cl)n1. The van der Waals surface area contributed by atoms with Gasteiger partial charge in [-0.05, 0) is 42.1 Å². The predicted molar refractivity (Wildman–Crippen MR) is 72.4 cm³/mol. The summed E-state index contributed by atoms with van der Waals surface area (Å²) in [5.41, 5.74) is 2.06. The smallest absolute Gasteiger partial charge is 0.225 e. The topological polar surface area (TPSA) is 35.0 Å². The van der Waals surface area contributed by atoms with Gasteiger partial charge in [-0.15, -0.1) is 0 Å². The minimum Gasteiger partial charge on any atom is -0.439 e. The fourth-order valence-corrected chi connectivity index (χ4v) is 1.82. The lowest BCUT2D eigenvalue weighted by Crippen LogP contribution is -1.93. The van der Waals surface area contributed by atoms with Crippen LogP contribution in [0.1, 0.15) is 31.0 Å². The van der Waals surface area contributed by atoms with E-state index in [1.165, 1.54) is 5.56 Å². The fraction of sp³-hybridized carbons (Fsp3) is 0.286. The number of rotatable bonds is 3. The molecule has 1 aromatic carbocycles. The van der Waals surface area contributed by atoms with Crippen LogP contribution in [0, 0.1) is 6.92 Å². The van der Waals surface area contributed by atoms with Gasteiger partial charge in [-0.25, -0.2) is 4.98 Å². The summed E-state index contributed by atoms with van der Waals surface area (Å²) in [4.78, 5) is 8.01. The summed E-state index contributed by atoms with van der Waals surface area (Å²) in [6.45, 7) is 6.16. The molecule has 18 heavy (non-hydrogen) atoms. The molecule has 0 spiro atoms. The van der Waals surface area contributed by atoms with E-state index in [-0.39, 0.29) is 5.28 Å². The fourth-order valence-electron chi connectivity index (χ4n) is 1.60. The van der Waals surface area contributed by atoms with Crippen LogP contribution >= 0.6 is 11.6 Å². The Morgan fingerprint density at radius 3 is 2.33 bits per heavy atom. The number of halogens is 1. The Labute approximate surface area is 112 Å². The van der Waals surface area contributed by atoms with Gasteiger partial charge in [0, 0.05) is 11.8 Å². The van der Waals surface area contributed by atoms with E-state index in [1.54, 1.807) is 6.07 Å². The minimum absolute atomic E-state index is 0.198. The average molecular weight is 263 g/mol. The van der Waals surface area contributed by atoms with Gasteiger partial charge in [-0.3, -0.25) is 0 Å². The maximum Gasteiger partial charge on any atom is 0.225 e. The van der Waals surface area contributed by atoms with E-state index >= 15 is 0 Å². The van der Waals surface area contributed by atoms with Crippen molar-refractivity contribution in [1.82, 2.24) is 9.97 Å². The zero-order valence-electron chi connectivity index (χ0n) is 10.6. The first kappa shape index (κ1) is 12.8. The van der Waals surface area contributed by atoms with Crippen LogP contribution in [0.4, 0.5) is 0 Å². The van der Waals surface area contributed by atoms with Gasteiger partial charge < -0.3 is 4.74 Å². The van der Waals surface area contributed by atoms with Crippen LogP contribution in [-0.2, 0) is 0 Å². The van der Waals surface area contributed by atoms with Gasteiger partial charge in [0.05, 0.1) is 0 Å². The van der Waals surface area contributed by atoms with E-state index in [4.69, 9.17) is 16.3 Å². The molecule has 1 heterocycles. The molecular formula is C14H15ClN2O. The molecule has 3 nitrogen and oxygen atoms in total. The molecule has 0 fully saturated rings. The molecule has 94 valence electrons. The van der Waals surface area contributed by atoms with Crippen LogP contribution in [-0.4, -0.2) is 9.97 Å². The standard InChI is InChI=1S/C14H15ClN2O/c1-9(2)11-4-6-12(7-5-11)18-13-8-10(3)16-14(15)17-13/h4-9H,1-3H3. The van der Waals surface area contributed by atoms with Gasteiger partial charge in [-0.1, -0.05) is 26.0 Å². The maximum atomic E-state index is 5.78. The van der Waals surface area contributed by atoms with E-state index in [9.17, 15) is 0 Å². The molecule has 0 aliphatic carbocycles. The summed E-state index contributed by atoms with van der Waals surface area (Å²) in [6, 6.07) is 9.72. The van der Waals surface area contributed by atoms with E-state index < -0.39 is 0 Å². The number of hydrogen-bond acceptors (Lipinski definition) is 3. The second kappa shape index (κ2) is 5.36. The molecule has 0 aliphatic heterocycles. The van der Waals surface area contributed by atoms with Crippen LogP contribution in [0.15, 0.2) is 30.3 Å². The Morgan fingerprint density at radius 2 is 1.78 bits per heavy atom. The van der Waals surface area contributed by atoms with E-state index in [0.29, 0.717) is 11.8 Å². The molecule has 0 unspecified atom stereocenters. The van der Waals surface area contributed by atoms with Crippen molar-refractivity contribution in [2.75, 3.05) is 0 Å². The summed E-state index contributed by atoms with van der Waals surface area (Å²) in [7, 11) is 0. The largest absolute Gasteiger partial charge is 0.439 e. The van der Waals surface area contributed by atoms with Crippen molar-refractivity contribution in [3.05, 3.63) is 46.9 Å². The summed E-state index contributed by atoms with van der Waals surface area (Å²) in [6.07, 6.45) is 0. The molecular weight excluding hydrogens is 248 g/mol. The molecule has 2 aromatic rings. The molecule has 0 radical (unpaired) electrons. The van der Waals surface area contributed by atoms with Gasteiger partial charge in [0.2, 0.25) is 11.2 Å². The van der Waals surface area contributed by atoms with E-state index in [1.807, 2.05) is 19.1 Å². The number of hydrogen-bond donors (Lipinski definition) is 0. The van der Waals surface area contributed by atoms with Crippen LogP contribution in [0.5, 0.6) is 11.6 Å². The molecule has 2 rings (SSSR count). The highest BCUT2D eigenvalue weighted by atomic mass is 35.5. The summed E-state index contributed by atoms with van der Waals surface area (Å²) >= 11 is 5.78. The third kappa shape index (κ3) is 3.20. The lowest BCUT2D eigenvalue weighted by atomic mass is 10.0. The third-order valence-electron chi connectivity index (χ3n) is 2.57. The lowest BCUT2D eigenvalue weighted by Gasteiger charge is -2.08. The third-order valence-corrected chi connectivity index (χ3v) is 2.74. The second-order valence-electron chi connectivity index (χ2n) is 4.44. The van der Waals surface area contributed by atoms with Crippen molar-refractivity contribution in [2.45, 2.75) is 26.7 Å². The molecule has 0 saturated heterocycles. The molecule has 0 saturated carbocycles. The molecule has 0 atom stereocenters. The minimum atomic E-state index is 0.198. The summed E-state index contributed by atoms with van der Waals surface area (Å²) in [5, 5.41) is 0.198. The van der Waals surface area contributed by atoms with Crippen molar-refractivity contribution in [2.24, 2.45) is 0 Å².